The van der Waals surface area contributed by atoms with E-state index in [0.717, 1.165) is 13.2 Å². The van der Waals surface area contributed by atoms with Gasteiger partial charge in [-0.05, 0) is 40.0 Å². The average Bonchev–Trinajstić information content (AvgIpc) is 2.16. The zero-order chi connectivity index (χ0) is 10.6. The molecule has 3 heteroatoms. The summed E-state index contributed by atoms with van der Waals surface area (Å²) in [6.07, 6.45) is 4.08. The van der Waals surface area contributed by atoms with Crippen LogP contribution in [0.25, 0.3) is 0 Å². The van der Waals surface area contributed by atoms with Gasteiger partial charge in [-0.1, -0.05) is 0 Å². The zero-order valence-electron chi connectivity index (χ0n) is 9.48. The van der Waals surface area contributed by atoms with Crippen LogP contribution in [0.3, 0.4) is 0 Å². The number of ether oxygens (including phenoxy) is 1. The molecule has 84 valence electrons. The molecule has 2 atom stereocenters. The van der Waals surface area contributed by atoms with Gasteiger partial charge < -0.3 is 10.1 Å². The molecular weight excluding hydrogens is 198 g/mol. The molecular formula is C11H22ClNO. The van der Waals surface area contributed by atoms with Crippen LogP contribution in [0.5, 0.6) is 0 Å². The van der Waals surface area contributed by atoms with Gasteiger partial charge in [-0.3, -0.25) is 0 Å². The third kappa shape index (κ3) is 3.76. The molecule has 2 nitrogen and oxygen atoms in total. The fraction of sp³-hybridized carbons (Fsp3) is 1.00. The molecule has 0 radical (unpaired) electrons. The van der Waals surface area contributed by atoms with E-state index in [1.54, 1.807) is 0 Å². The van der Waals surface area contributed by atoms with Crippen molar-refractivity contribution in [1.29, 1.82) is 0 Å². The molecule has 14 heavy (non-hydrogen) atoms. The fourth-order valence-corrected chi connectivity index (χ4v) is 1.56. The predicted molar refractivity (Wildman–Crippen MR) is 61.0 cm³/mol. The molecule has 1 N–H and O–H groups in total. The van der Waals surface area contributed by atoms with Crippen molar-refractivity contribution in [2.75, 3.05) is 13.2 Å². The summed E-state index contributed by atoms with van der Waals surface area (Å²) in [7, 11) is 0. The number of nitrogens with one attached hydrogen (secondary N) is 1. The van der Waals surface area contributed by atoms with E-state index in [1.165, 1.54) is 19.3 Å². The monoisotopic (exact) mass is 219 g/mol. The Morgan fingerprint density at radius 1 is 1.50 bits per heavy atom. The largest absolute Gasteiger partial charge is 0.377 e. The molecule has 0 amide bonds. The van der Waals surface area contributed by atoms with Gasteiger partial charge in [-0.15, -0.1) is 11.6 Å². The first kappa shape index (κ1) is 12.3. The van der Waals surface area contributed by atoms with Crippen molar-refractivity contribution >= 4 is 11.6 Å². The smallest absolute Gasteiger partial charge is 0.0699 e. The first-order chi connectivity index (χ1) is 6.52. The van der Waals surface area contributed by atoms with Crippen LogP contribution in [0.15, 0.2) is 0 Å². The number of alkyl halides is 1. The second-order valence-corrected chi connectivity index (χ2v) is 5.36. The first-order valence-corrected chi connectivity index (χ1v) is 5.97. The second-order valence-electron chi connectivity index (χ2n) is 4.71. The first-order valence-electron chi connectivity index (χ1n) is 5.53. The van der Waals surface area contributed by atoms with Gasteiger partial charge in [0.1, 0.15) is 0 Å². The highest BCUT2D eigenvalue weighted by molar-refractivity contribution is 6.21. The van der Waals surface area contributed by atoms with Gasteiger partial charge in [0, 0.05) is 24.1 Å². The van der Waals surface area contributed by atoms with Crippen molar-refractivity contribution in [3.63, 3.8) is 0 Å². The zero-order valence-corrected chi connectivity index (χ0v) is 10.2. The highest BCUT2D eigenvalue weighted by Crippen LogP contribution is 2.17. The average molecular weight is 220 g/mol. The number of hydrogen-bond donors (Lipinski definition) is 1. The lowest BCUT2D eigenvalue weighted by molar-refractivity contribution is 0.0130. The predicted octanol–water partition coefficient (Wildman–Crippen LogP) is 2.55. The maximum atomic E-state index is 6.08. The Labute approximate surface area is 92.3 Å². The Balaban J connectivity index is 2.24. The van der Waals surface area contributed by atoms with Crippen LogP contribution in [0.2, 0.25) is 0 Å². The van der Waals surface area contributed by atoms with E-state index >= 15 is 0 Å². The van der Waals surface area contributed by atoms with Crippen molar-refractivity contribution < 1.29 is 4.74 Å². The molecule has 0 saturated carbocycles. The summed E-state index contributed by atoms with van der Waals surface area (Å²) < 4.78 is 5.65. The third-order valence-electron chi connectivity index (χ3n) is 3.05. The Bertz CT molecular complexity index is 165. The van der Waals surface area contributed by atoms with Gasteiger partial charge >= 0.3 is 0 Å². The highest BCUT2D eigenvalue weighted by atomic mass is 35.5. The van der Waals surface area contributed by atoms with Gasteiger partial charge in [-0.25, -0.2) is 0 Å². The van der Waals surface area contributed by atoms with E-state index < -0.39 is 0 Å². The SMILES string of the molecule is CC(Cl)C(C)(C)NCC1CCCCO1. The lowest BCUT2D eigenvalue weighted by atomic mass is 10.0. The molecule has 0 aromatic heterocycles. The van der Waals surface area contributed by atoms with Crippen molar-refractivity contribution in [1.82, 2.24) is 5.32 Å². The molecule has 1 fully saturated rings. The molecule has 0 aromatic rings. The molecule has 0 aromatic carbocycles. The van der Waals surface area contributed by atoms with Crippen LogP contribution in [-0.2, 0) is 4.74 Å². The third-order valence-corrected chi connectivity index (χ3v) is 3.60. The summed E-state index contributed by atoms with van der Waals surface area (Å²) >= 11 is 6.08. The van der Waals surface area contributed by atoms with E-state index in [9.17, 15) is 0 Å². The lowest BCUT2D eigenvalue weighted by Gasteiger charge is -2.32. The summed E-state index contributed by atoms with van der Waals surface area (Å²) in [5, 5.41) is 3.60. The van der Waals surface area contributed by atoms with Crippen molar-refractivity contribution in [2.45, 2.75) is 57.1 Å². The van der Waals surface area contributed by atoms with E-state index in [4.69, 9.17) is 16.3 Å². The quantitative estimate of drug-likeness (QED) is 0.734. The molecule has 0 bridgehead atoms. The summed E-state index contributed by atoms with van der Waals surface area (Å²) in [6, 6.07) is 0. The van der Waals surface area contributed by atoms with Crippen molar-refractivity contribution in [2.24, 2.45) is 0 Å². The Hall–Kier alpha value is 0.210. The van der Waals surface area contributed by atoms with Crippen LogP contribution in [0.4, 0.5) is 0 Å². The number of hydrogen-bond acceptors (Lipinski definition) is 2. The van der Waals surface area contributed by atoms with Crippen LogP contribution >= 0.6 is 11.6 Å². The molecule has 1 aliphatic heterocycles. The van der Waals surface area contributed by atoms with E-state index in [-0.39, 0.29) is 10.9 Å². The summed E-state index contributed by atoms with van der Waals surface area (Å²) in [4.78, 5) is 0. The van der Waals surface area contributed by atoms with Crippen molar-refractivity contribution in [3.05, 3.63) is 0 Å². The molecule has 1 saturated heterocycles. The topological polar surface area (TPSA) is 21.3 Å². The maximum Gasteiger partial charge on any atom is 0.0699 e. The van der Waals surface area contributed by atoms with E-state index in [1.807, 2.05) is 6.92 Å². The molecule has 2 unspecified atom stereocenters. The van der Waals surface area contributed by atoms with Crippen LogP contribution in [-0.4, -0.2) is 30.2 Å². The minimum absolute atomic E-state index is 0.0115. The van der Waals surface area contributed by atoms with Gasteiger partial charge in [0.15, 0.2) is 0 Å². The second kappa shape index (κ2) is 5.34. The normalized spacial score (nSPS) is 26.1. The lowest BCUT2D eigenvalue weighted by Crippen LogP contribution is -2.49. The maximum absolute atomic E-state index is 6.08. The minimum atomic E-state index is -0.0115. The summed E-state index contributed by atoms with van der Waals surface area (Å²) in [5.41, 5.74) is -0.0115. The van der Waals surface area contributed by atoms with Crippen LogP contribution in [0.1, 0.15) is 40.0 Å². The van der Waals surface area contributed by atoms with Gasteiger partial charge in [0.05, 0.1) is 6.10 Å². The minimum Gasteiger partial charge on any atom is -0.377 e. The standard InChI is InChI=1S/C11H22ClNO/c1-9(12)11(2,3)13-8-10-6-4-5-7-14-10/h9-10,13H,4-8H2,1-3H3. The van der Waals surface area contributed by atoms with Gasteiger partial charge in [-0.2, -0.15) is 0 Å². The Morgan fingerprint density at radius 2 is 2.21 bits per heavy atom. The molecule has 0 aliphatic carbocycles. The van der Waals surface area contributed by atoms with Gasteiger partial charge in [0.25, 0.3) is 0 Å². The fourth-order valence-electron chi connectivity index (χ4n) is 1.49. The van der Waals surface area contributed by atoms with E-state index in [0.29, 0.717) is 6.10 Å². The Morgan fingerprint density at radius 3 is 2.71 bits per heavy atom. The van der Waals surface area contributed by atoms with Crippen LogP contribution < -0.4 is 5.32 Å². The highest BCUT2D eigenvalue weighted by Gasteiger charge is 2.25. The molecule has 1 heterocycles. The van der Waals surface area contributed by atoms with E-state index in [2.05, 4.69) is 19.2 Å². The Kier molecular flexibility index (Phi) is 4.68. The summed E-state index contributed by atoms with van der Waals surface area (Å²) in [5.74, 6) is 0. The van der Waals surface area contributed by atoms with Crippen molar-refractivity contribution in [3.8, 4) is 0 Å². The van der Waals surface area contributed by atoms with Crippen LogP contribution in [0, 0.1) is 0 Å². The summed E-state index contributed by atoms with van der Waals surface area (Å²) in [6.45, 7) is 8.13. The molecule has 1 rings (SSSR count). The van der Waals surface area contributed by atoms with Gasteiger partial charge in [0.2, 0.25) is 0 Å². The molecule has 1 aliphatic rings. The number of halogens is 1. The number of rotatable bonds is 4. The molecule has 0 spiro atoms.